The molecule has 1 N–H and O–H groups in total. The Balaban J connectivity index is 2.57. The van der Waals surface area contributed by atoms with E-state index in [0.717, 1.165) is 25.9 Å². The van der Waals surface area contributed by atoms with Crippen molar-refractivity contribution in [1.29, 1.82) is 0 Å². The second-order valence-corrected chi connectivity index (χ2v) is 6.11. The molecule has 1 fully saturated rings. The van der Waals surface area contributed by atoms with E-state index >= 15 is 0 Å². The molecule has 2 nitrogen and oxygen atoms in total. The second-order valence-electron chi connectivity index (χ2n) is 4.95. The summed E-state index contributed by atoms with van der Waals surface area (Å²) in [7, 11) is 0. The van der Waals surface area contributed by atoms with Gasteiger partial charge in [0.15, 0.2) is 0 Å². The summed E-state index contributed by atoms with van der Waals surface area (Å²) in [5.41, 5.74) is -4.08. The second kappa shape index (κ2) is 6.48. The van der Waals surface area contributed by atoms with Crippen LogP contribution in [0.4, 0.5) is 13.2 Å². The molecular formula is C12H23F3N2S. The molecule has 1 saturated heterocycles. The molecule has 18 heavy (non-hydrogen) atoms. The quantitative estimate of drug-likeness (QED) is 0.835. The Morgan fingerprint density at radius 2 is 1.94 bits per heavy atom. The zero-order chi connectivity index (χ0) is 13.8. The van der Waals surface area contributed by atoms with Gasteiger partial charge in [0.2, 0.25) is 0 Å². The molecule has 1 atom stereocenters. The highest BCUT2D eigenvalue weighted by molar-refractivity contribution is 8.00. The normalized spacial score (nSPS) is 25.3. The van der Waals surface area contributed by atoms with Gasteiger partial charge in [-0.3, -0.25) is 4.90 Å². The zero-order valence-corrected chi connectivity index (χ0v) is 12.1. The van der Waals surface area contributed by atoms with Crippen LogP contribution in [0.5, 0.6) is 0 Å². The van der Waals surface area contributed by atoms with Crippen LogP contribution in [-0.4, -0.2) is 47.4 Å². The van der Waals surface area contributed by atoms with E-state index in [4.69, 9.17) is 0 Å². The van der Waals surface area contributed by atoms with Crippen molar-refractivity contribution in [3.05, 3.63) is 0 Å². The van der Waals surface area contributed by atoms with Crippen LogP contribution in [0.25, 0.3) is 0 Å². The smallest absolute Gasteiger partial charge is 0.311 e. The summed E-state index contributed by atoms with van der Waals surface area (Å²) in [6.07, 6.45) is 1.94. The van der Waals surface area contributed by atoms with Crippen LogP contribution in [-0.2, 0) is 0 Å². The molecule has 1 unspecified atom stereocenters. The molecule has 1 aliphatic heterocycles. The average molecular weight is 284 g/mol. The molecule has 1 heterocycles. The van der Waals surface area contributed by atoms with E-state index in [-0.39, 0.29) is 23.1 Å². The van der Waals surface area contributed by atoms with Crippen LogP contribution in [0.2, 0.25) is 0 Å². The number of halogens is 3. The van der Waals surface area contributed by atoms with Gasteiger partial charge in [-0.05, 0) is 31.5 Å². The van der Waals surface area contributed by atoms with Crippen molar-refractivity contribution < 1.29 is 13.2 Å². The van der Waals surface area contributed by atoms with E-state index in [1.165, 1.54) is 0 Å². The molecule has 6 heteroatoms. The summed E-state index contributed by atoms with van der Waals surface area (Å²) in [6.45, 7) is 8.53. The highest BCUT2D eigenvalue weighted by Gasteiger charge is 2.38. The lowest BCUT2D eigenvalue weighted by molar-refractivity contribution is -0.0332. The van der Waals surface area contributed by atoms with Crippen molar-refractivity contribution in [2.45, 2.75) is 50.7 Å². The van der Waals surface area contributed by atoms with Crippen LogP contribution < -0.4 is 5.32 Å². The first-order valence-electron chi connectivity index (χ1n) is 6.52. The summed E-state index contributed by atoms with van der Waals surface area (Å²) in [4.78, 5) is 2.24. The van der Waals surface area contributed by atoms with Gasteiger partial charge in [0, 0.05) is 37.0 Å². The van der Waals surface area contributed by atoms with Gasteiger partial charge in [0.05, 0.1) is 0 Å². The Kier molecular flexibility index (Phi) is 5.80. The third-order valence-electron chi connectivity index (χ3n) is 3.89. The lowest BCUT2D eigenvalue weighted by Crippen LogP contribution is -2.64. The van der Waals surface area contributed by atoms with Crippen molar-refractivity contribution in [3.63, 3.8) is 0 Å². The summed E-state index contributed by atoms with van der Waals surface area (Å²) in [6, 6.07) is 0.354. The Morgan fingerprint density at radius 3 is 2.44 bits per heavy atom. The molecule has 0 radical (unpaired) electrons. The van der Waals surface area contributed by atoms with Crippen molar-refractivity contribution in [3.8, 4) is 0 Å². The molecule has 0 bridgehead atoms. The van der Waals surface area contributed by atoms with Crippen LogP contribution in [0, 0.1) is 0 Å². The number of hydrogen-bond acceptors (Lipinski definition) is 3. The van der Waals surface area contributed by atoms with Gasteiger partial charge in [0.25, 0.3) is 0 Å². The van der Waals surface area contributed by atoms with Crippen LogP contribution in [0.3, 0.4) is 0 Å². The first-order valence-corrected chi connectivity index (χ1v) is 7.50. The average Bonchev–Trinajstić information content (AvgIpc) is 2.28. The number of piperazine rings is 1. The molecule has 108 valence electrons. The molecule has 0 amide bonds. The largest absolute Gasteiger partial charge is 0.441 e. The molecule has 1 rings (SSSR count). The maximum atomic E-state index is 12.2. The van der Waals surface area contributed by atoms with Crippen molar-refractivity contribution in [2.75, 3.05) is 25.4 Å². The molecule has 0 aliphatic carbocycles. The number of hydrogen-bond donors (Lipinski definition) is 1. The highest BCUT2D eigenvalue weighted by atomic mass is 32.2. The number of rotatable bonds is 5. The van der Waals surface area contributed by atoms with Gasteiger partial charge in [-0.2, -0.15) is 13.2 Å². The predicted molar refractivity (Wildman–Crippen MR) is 70.9 cm³/mol. The van der Waals surface area contributed by atoms with E-state index in [2.05, 4.69) is 31.0 Å². The van der Waals surface area contributed by atoms with E-state index in [1.807, 2.05) is 0 Å². The van der Waals surface area contributed by atoms with E-state index in [0.29, 0.717) is 12.6 Å². The summed E-state index contributed by atoms with van der Waals surface area (Å²) in [5, 5.41) is 3.44. The topological polar surface area (TPSA) is 15.3 Å². The summed E-state index contributed by atoms with van der Waals surface area (Å²) in [5.74, 6) is 0.123. The lowest BCUT2D eigenvalue weighted by atomic mass is 9.87. The lowest BCUT2D eigenvalue weighted by Gasteiger charge is -2.49. The Hall–Kier alpha value is 0.0600. The Labute approximate surface area is 112 Å². The monoisotopic (exact) mass is 284 g/mol. The number of alkyl halides is 3. The molecule has 0 aromatic carbocycles. The highest BCUT2D eigenvalue weighted by Crippen LogP contribution is 2.32. The molecule has 0 saturated carbocycles. The van der Waals surface area contributed by atoms with E-state index in [9.17, 15) is 13.2 Å². The van der Waals surface area contributed by atoms with E-state index < -0.39 is 5.51 Å². The number of nitrogens with zero attached hydrogens (tertiary/aromatic N) is 1. The fourth-order valence-electron chi connectivity index (χ4n) is 2.61. The maximum absolute atomic E-state index is 12.2. The SMILES string of the molecule is CCC1(CC)CNC(C)CN1CCSC(F)(F)F. The van der Waals surface area contributed by atoms with Crippen molar-refractivity contribution in [2.24, 2.45) is 0 Å². The third kappa shape index (κ3) is 4.31. The fourth-order valence-corrected chi connectivity index (χ4v) is 3.16. The minimum absolute atomic E-state index is 0.0265. The minimum atomic E-state index is -4.11. The summed E-state index contributed by atoms with van der Waals surface area (Å²) >= 11 is 0.0881. The molecule has 0 aromatic rings. The van der Waals surface area contributed by atoms with Crippen molar-refractivity contribution >= 4 is 11.8 Å². The first kappa shape index (κ1) is 16.1. The van der Waals surface area contributed by atoms with Gasteiger partial charge in [-0.15, -0.1) is 0 Å². The van der Waals surface area contributed by atoms with Gasteiger partial charge >= 0.3 is 5.51 Å². The van der Waals surface area contributed by atoms with Gasteiger partial charge in [0.1, 0.15) is 0 Å². The molecule has 0 spiro atoms. The Bertz CT molecular complexity index is 254. The first-order chi connectivity index (χ1) is 8.33. The van der Waals surface area contributed by atoms with Crippen molar-refractivity contribution in [1.82, 2.24) is 10.2 Å². The van der Waals surface area contributed by atoms with Crippen LogP contribution in [0.15, 0.2) is 0 Å². The standard InChI is InChI=1S/C12H23F3N2S/c1-4-11(5-2)9-16-10(3)8-17(11)6-7-18-12(13,14)15/h10,16H,4-9H2,1-3H3. The van der Waals surface area contributed by atoms with Gasteiger partial charge < -0.3 is 5.32 Å². The maximum Gasteiger partial charge on any atom is 0.441 e. The molecular weight excluding hydrogens is 261 g/mol. The zero-order valence-electron chi connectivity index (χ0n) is 11.3. The van der Waals surface area contributed by atoms with E-state index in [1.54, 1.807) is 0 Å². The minimum Gasteiger partial charge on any atom is -0.311 e. The molecule has 1 aliphatic rings. The Morgan fingerprint density at radius 1 is 1.33 bits per heavy atom. The number of thioether (sulfide) groups is 1. The van der Waals surface area contributed by atoms with Crippen LogP contribution >= 0.6 is 11.8 Å². The van der Waals surface area contributed by atoms with Gasteiger partial charge in [-0.1, -0.05) is 13.8 Å². The van der Waals surface area contributed by atoms with Crippen LogP contribution in [0.1, 0.15) is 33.6 Å². The molecule has 0 aromatic heterocycles. The number of nitrogens with one attached hydrogen (secondary N) is 1. The fraction of sp³-hybridized carbons (Fsp3) is 1.00. The summed E-state index contributed by atoms with van der Waals surface area (Å²) < 4.78 is 36.5. The predicted octanol–water partition coefficient (Wildman–Crippen LogP) is 3.09. The third-order valence-corrected chi connectivity index (χ3v) is 4.60. The van der Waals surface area contributed by atoms with Gasteiger partial charge in [-0.25, -0.2) is 0 Å².